The molecule has 1 aromatic rings. The number of hydrogen-bond donors (Lipinski definition) is 3. The molecule has 0 aliphatic carbocycles. The molecule has 0 atom stereocenters. The van der Waals surface area contributed by atoms with Crippen LogP contribution in [0, 0.1) is 19.3 Å². The maximum Gasteiger partial charge on any atom is 0.124 e. The van der Waals surface area contributed by atoms with Crippen LogP contribution in [0.4, 0.5) is 0 Å². The standard InChI is InChI=1S/C7H11N3/c1-4-3-10-5(2)6(4)7(8)9/h3,10H,1-2H3,(H3,8,9). The predicted molar refractivity (Wildman–Crippen MR) is 41.3 cm³/mol. The van der Waals surface area contributed by atoms with Crippen molar-refractivity contribution < 1.29 is 0 Å². The highest BCUT2D eigenvalue weighted by molar-refractivity contribution is 5.97. The minimum Gasteiger partial charge on any atom is -0.384 e. The fraction of sp³-hybridized carbons (Fsp3) is 0.286. The molecule has 0 fully saturated rings. The monoisotopic (exact) mass is 137 g/mol. The van der Waals surface area contributed by atoms with E-state index in [9.17, 15) is 0 Å². The van der Waals surface area contributed by atoms with Crippen LogP contribution >= 0.6 is 0 Å². The van der Waals surface area contributed by atoms with Crippen LogP contribution in [0.3, 0.4) is 0 Å². The van der Waals surface area contributed by atoms with Gasteiger partial charge in [-0.1, -0.05) is 0 Å². The van der Waals surface area contributed by atoms with Gasteiger partial charge in [-0.15, -0.1) is 0 Å². The zero-order valence-corrected chi connectivity index (χ0v) is 6.15. The molecule has 1 heterocycles. The number of aryl methyl sites for hydroxylation is 2. The molecule has 3 heteroatoms. The Kier molecular flexibility index (Phi) is 1.49. The number of H-pyrrole nitrogens is 1. The van der Waals surface area contributed by atoms with Crippen LogP contribution in [-0.4, -0.2) is 10.8 Å². The van der Waals surface area contributed by atoms with Gasteiger partial charge in [0.05, 0.1) is 0 Å². The van der Waals surface area contributed by atoms with Gasteiger partial charge in [-0.25, -0.2) is 0 Å². The fourth-order valence-corrected chi connectivity index (χ4v) is 1.07. The van der Waals surface area contributed by atoms with Gasteiger partial charge in [0, 0.05) is 17.5 Å². The average Bonchev–Trinajstić information content (AvgIpc) is 2.11. The summed E-state index contributed by atoms with van der Waals surface area (Å²) in [5, 5.41) is 7.19. The molecule has 0 bridgehead atoms. The lowest BCUT2D eigenvalue weighted by Gasteiger charge is -1.96. The molecule has 1 aromatic heterocycles. The van der Waals surface area contributed by atoms with Crippen LogP contribution in [0.15, 0.2) is 6.20 Å². The van der Waals surface area contributed by atoms with Gasteiger partial charge in [0.1, 0.15) is 5.84 Å². The summed E-state index contributed by atoms with van der Waals surface area (Å²) in [5.74, 6) is 0.135. The number of aromatic amines is 1. The van der Waals surface area contributed by atoms with Crippen molar-refractivity contribution in [3.63, 3.8) is 0 Å². The molecule has 0 aliphatic heterocycles. The second-order valence-electron chi connectivity index (χ2n) is 2.39. The summed E-state index contributed by atoms with van der Waals surface area (Å²) in [6, 6.07) is 0. The molecule has 0 aliphatic rings. The minimum absolute atomic E-state index is 0.135. The molecule has 1 rings (SSSR count). The Morgan fingerprint density at radius 1 is 1.60 bits per heavy atom. The Labute approximate surface area is 59.8 Å². The van der Waals surface area contributed by atoms with E-state index < -0.39 is 0 Å². The van der Waals surface area contributed by atoms with Crippen LogP contribution in [-0.2, 0) is 0 Å². The molecule has 10 heavy (non-hydrogen) atoms. The molecule has 0 spiro atoms. The Balaban J connectivity index is 3.23. The molecular weight excluding hydrogens is 126 g/mol. The fourth-order valence-electron chi connectivity index (χ4n) is 1.07. The first-order chi connectivity index (χ1) is 4.63. The highest BCUT2D eigenvalue weighted by Crippen LogP contribution is 2.09. The number of aromatic nitrogens is 1. The van der Waals surface area contributed by atoms with Crippen molar-refractivity contribution in [2.75, 3.05) is 0 Å². The number of nitrogens with two attached hydrogens (primary N) is 1. The zero-order valence-electron chi connectivity index (χ0n) is 6.15. The van der Waals surface area contributed by atoms with Gasteiger partial charge < -0.3 is 10.7 Å². The van der Waals surface area contributed by atoms with Crippen LogP contribution in [0.25, 0.3) is 0 Å². The van der Waals surface area contributed by atoms with Gasteiger partial charge >= 0.3 is 0 Å². The first-order valence-electron chi connectivity index (χ1n) is 3.12. The highest BCUT2D eigenvalue weighted by Gasteiger charge is 2.05. The van der Waals surface area contributed by atoms with E-state index in [1.54, 1.807) is 0 Å². The summed E-state index contributed by atoms with van der Waals surface area (Å²) in [6.07, 6.45) is 1.85. The van der Waals surface area contributed by atoms with E-state index in [-0.39, 0.29) is 5.84 Å². The quantitative estimate of drug-likeness (QED) is 0.391. The second-order valence-corrected chi connectivity index (χ2v) is 2.39. The maximum absolute atomic E-state index is 7.19. The predicted octanol–water partition coefficient (Wildman–Crippen LogP) is 0.916. The van der Waals surface area contributed by atoms with Gasteiger partial charge in [0.2, 0.25) is 0 Å². The Morgan fingerprint density at radius 2 is 2.20 bits per heavy atom. The Bertz CT molecular complexity index is 240. The van der Waals surface area contributed by atoms with Crippen molar-refractivity contribution in [3.8, 4) is 0 Å². The molecule has 0 radical (unpaired) electrons. The molecular formula is C7H11N3. The molecule has 0 unspecified atom stereocenters. The Morgan fingerprint density at radius 3 is 2.40 bits per heavy atom. The second kappa shape index (κ2) is 2.17. The minimum atomic E-state index is 0.135. The van der Waals surface area contributed by atoms with E-state index in [4.69, 9.17) is 11.1 Å². The lowest BCUT2D eigenvalue weighted by Crippen LogP contribution is -2.12. The third-order valence-corrected chi connectivity index (χ3v) is 1.54. The third-order valence-electron chi connectivity index (χ3n) is 1.54. The van der Waals surface area contributed by atoms with Crippen molar-refractivity contribution in [2.24, 2.45) is 5.73 Å². The normalized spacial score (nSPS) is 9.80. The van der Waals surface area contributed by atoms with Gasteiger partial charge in [-0.2, -0.15) is 0 Å². The number of nitrogen functional groups attached to an aromatic ring is 1. The average molecular weight is 137 g/mol. The summed E-state index contributed by atoms with van der Waals surface area (Å²) in [4.78, 5) is 3.00. The molecule has 4 N–H and O–H groups in total. The van der Waals surface area contributed by atoms with Gasteiger partial charge in [-0.3, -0.25) is 5.41 Å². The van der Waals surface area contributed by atoms with Gasteiger partial charge in [0.25, 0.3) is 0 Å². The van der Waals surface area contributed by atoms with Gasteiger partial charge in [-0.05, 0) is 19.4 Å². The maximum atomic E-state index is 7.19. The lowest BCUT2D eigenvalue weighted by atomic mass is 10.1. The first kappa shape index (κ1) is 6.86. The topological polar surface area (TPSA) is 65.7 Å². The summed E-state index contributed by atoms with van der Waals surface area (Å²) in [6.45, 7) is 3.84. The third kappa shape index (κ3) is 0.900. The zero-order chi connectivity index (χ0) is 7.72. The van der Waals surface area contributed by atoms with Crippen molar-refractivity contribution >= 4 is 5.84 Å². The first-order valence-corrected chi connectivity index (χ1v) is 3.12. The number of rotatable bonds is 1. The smallest absolute Gasteiger partial charge is 0.124 e. The van der Waals surface area contributed by atoms with Crippen molar-refractivity contribution in [1.82, 2.24) is 4.98 Å². The SMILES string of the molecule is Cc1c[nH]c(C)c1C(=N)N. The van der Waals surface area contributed by atoms with Crippen molar-refractivity contribution in [3.05, 3.63) is 23.0 Å². The van der Waals surface area contributed by atoms with E-state index in [1.165, 1.54) is 0 Å². The van der Waals surface area contributed by atoms with E-state index in [1.807, 2.05) is 20.0 Å². The number of hydrogen-bond acceptors (Lipinski definition) is 1. The number of amidine groups is 1. The largest absolute Gasteiger partial charge is 0.384 e. The summed E-state index contributed by atoms with van der Waals surface area (Å²) < 4.78 is 0. The van der Waals surface area contributed by atoms with Crippen LogP contribution in [0.1, 0.15) is 16.8 Å². The molecule has 0 aromatic carbocycles. The van der Waals surface area contributed by atoms with Crippen molar-refractivity contribution in [2.45, 2.75) is 13.8 Å². The van der Waals surface area contributed by atoms with Gasteiger partial charge in [0.15, 0.2) is 0 Å². The molecule has 0 saturated carbocycles. The van der Waals surface area contributed by atoms with Crippen LogP contribution in [0.2, 0.25) is 0 Å². The number of nitrogens with one attached hydrogen (secondary N) is 2. The van der Waals surface area contributed by atoms with Crippen LogP contribution in [0.5, 0.6) is 0 Å². The molecule has 0 amide bonds. The molecule has 3 nitrogen and oxygen atoms in total. The summed E-state index contributed by atoms with van der Waals surface area (Å²) in [5.41, 5.74) is 8.15. The van der Waals surface area contributed by atoms with Crippen LogP contribution < -0.4 is 5.73 Å². The molecule has 0 saturated heterocycles. The summed E-state index contributed by atoms with van der Waals surface area (Å²) >= 11 is 0. The van der Waals surface area contributed by atoms with E-state index in [2.05, 4.69) is 4.98 Å². The van der Waals surface area contributed by atoms with E-state index in [0.29, 0.717) is 0 Å². The van der Waals surface area contributed by atoms with Crippen molar-refractivity contribution in [1.29, 1.82) is 5.41 Å². The highest BCUT2D eigenvalue weighted by atomic mass is 14.8. The van der Waals surface area contributed by atoms with E-state index >= 15 is 0 Å². The Hall–Kier alpha value is -1.25. The lowest BCUT2D eigenvalue weighted by molar-refractivity contribution is 1.25. The molecule has 54 valence electrons. The summed E-state index contributed by atoms with van der Waals surface area (Å²) in [7, 11) is 0. The van der Waals surface area contributed by atoms with E-state index in [0.717, 1.165) is 16.8 Å².